The zero-order valence-corrected chi connectivity index (χ0v) is 11.7. The zero-order chi connectivity index (χ0) is 14.8. The number of nitrogens with zero attached hydrogens (tertiary/aromatic N) is 1. The van der Waals surface area contributed by atoms with E-state index in [-0.39, 0.29) is 31.4 Å². The highest BCUT2D eigenvalue weighted by Crippen LogP contribution is 2.37. The quantitative estimate of drug-likeness (QED) is 0.805. The molecule has 0 aromatic heterocycles. The topological polar surface area (TPSA) is 66.8 Å². The summed E-state index contributed by atoms with van der Waals surface area (Å²) in [4.78, 5) is 26.0. The average molecular weight is 277 g/mol. The first kappa shape index (κ1) is 14.7. The van der Waals surface area contributed by atoms with Gasteiger partial charge in [0.1, 0.15) is 0 Å². The highest BCUT2D eigenvalue weighted by atomic mass is 16.5. The Bertz CT molecular complexity index is 502. The molecule has 108 valence electrons. The van der Waals surface area contributed by atoms with Gasteiger partial charge < -0.3 is 9.84 Å². The second-order valence-electron chi connectivity index (χ2n) is 5.24. The smallest absolute Gasteiger partial charge is 0.240 e. The first-order valence-corrected chi connectivity index (χ1v) is 6.56. The van der Waals surface area contributed by atoms with E-state index in [0.29, 0.717) is 0 Å². The molecule has 20 heavy (non-hydrogen) atoms. The third-order valence-corrected chi connectivity index (χ3v) is 3.81. The van der Waals surface area contributed by atoms with Crippen molar-refractivity contribution >= 4 is 11.8 Å². The predicted octanol–water partition coefficient (Wildman–Crippen LogP) is 0.710. The normalized spacial score (nSPS) is 24.2. The monoisotopic (exact) mass is 277 g/mol. The van der Waals surface area contributed by atoms with Crippen LogP contribution in [-0.2, 0) is 19.7 Å². The third-order valence-electron chi connectivity index (χ3n) is 3.81. The maximum Gasteiger partial charge on any atom is 0.240 e. The minimum Gasteiger partial charge on any atom is -0.394 e. The summed E-state index contributed by atoms with van der Waals surface area (Å²) >= 11 is 0. The lowest BCUT2D eigenvalue weighted by atomic mass is 9.81. The molecular weight excluding hydrogens is 258 g/mol. The Morgan fingerprint density at radius 1 is 1.35 bits per heavy atom. The van der Waals surface area contributed by atoms with Crippen LogP contribution in [0.4, 0.5) is 0 Å². The van der Waals surface area contributed by atoms with E-state index in [1.807, 2.05) is 30.3 Å². The van der Waals surface area contributed by atoms with Gasteiger partial charge in [0.25, 0.3) is 0 Å². The van der Waals surface area contributed by atoms with E-state index >= 15 is 0 Å². The van der Waals surface area contributed by atoms with Gasteiger partial charge in [-0.1, -0.05) is 30.3 Å². The van der Waals surface area contributed by atoms with Crippen molar-refractivity contribution < 1.29 is 19.4 Å². The third kappa shape index (κ3) is 2.34. The fourth-order valence-electron chi connectivity index (χ4n) is 2.64. The fraction of sp³-hybridized carbons (Fsp3) is 0.467. The molecule has 1 aromatic carbocycles. The molecule has 0 bridgehead atoms. The number of imide groups is 1. The number of carbonyl (C=O) groups excluding carboxylic acids is 2. The number of amides is 2. The van der Waals surface area contributed by atoms with Crippen molar-refractivity contribution in [1.82, 2.24) is 4.90 Å². The number of hydrogen-bond donors (Lipinski definition) is 1. The molecule has 0 spiro atoms. The number of ether oxygens (including phenoxy) is 1. The van der Waals surface area contributed by atoms with E-state index in [4.69, 9.17) is 4.74 Å². The predicted molar refractivity (Wildman–Crippen MR) is 73.0 cm³/mol. The van der Waals surface area contributed by atoms with Crippen LogP contribution in [0.3, 0.4) is 0 Å². The van der Waals surface area contributed by atoms with Gasteiger partial charge >= 0.3 is 0 Å². The van der Waals surface area contributed by atoms with E-state index < -0.39 is 11.5 Å². The van der Waals surface area contributed by atoms with Crippen LogP contribution in [-0.4, -0.2) is 48.2 Å². The largest absolute Gasteiger partial charge is 0.394 e. The number of aliphatic hydroxyl groups is 1. The molecular formula is C15H19NO4. The SMILES string of the molecule is COCC(CO)N1C(=O)CC(C)(c2ccccc2)C1=O. The van der Waals surface area contributed by atoms with E-state index in [9.17, 15) is 14.7 Å². The lowest BCUT2D eigenvalue weighted by molar-refractivity contribution is -0.145. The van der Waals surface area contributed by atoms with Gasteiger partial charge in [0.15, 0.2) is 0 Å². The Morgan fingerprint density at radius 3 is 2.55 bits per heavy atom. The number of rotatable bonds is 5. The van der Waals surface area contributed by atoms with Gasteiger partial charge in [0.05, 0.1) is 24.7 Å². The van der Waals surface area contributed by atoms with Crippen molar-refractivity contribution in [3.63, 3.8) is 0 Å². The van der Waals surface area contributed by atoms with Gasteiger partial charge in [0, 0.05) is 13.5 Å². The van der Waals surface area contributed by atoms with E-state index in [2.05, 4.69) is 0 Å². The average Bonchev–Trinajstić information content (AvgIpc) is 2.69. The van der Waals surface area contributed by atoms with Crippen LogP contribution in [0.25, 0.3) is 0 Å². The summed E-state index contributed by atoms with van der Waals surface area (Å²) in [5.41, 5.74) is -0.0468. The second-order valence-corrected chi connectivity index (χ2v) is 5.24. The number of methoxy groups -OCH3 is 1. The summed E-state index contributed by atoms with van der Waals surface area (Å²) < 4.78 is 4.97. The van der Waals surface area contributed by atoms with Gasteiger partial charge in [-0.05, 0) is 12.5 Å². The Hall–Kier alpha value is -1.72. The van der Waals surface area contributed by atoms with Crippen molar-refractivity contribution in [2.75, 3.05) is 20.3 Å². The molecule has 2 rings (SSSR count). The van der Waals surface area contributed by atoms with Crippen molar-refractivity contribution in [1.29, 1.82) is 0 Å². The molecule has 2 unspecified atom stereocenters. The van der Waals surface area contributed by atoms with E-state index in [1.165, 1.54) is 7.11 Å². The van der Waals surface area contributed by atoms with Gasteiger partial charge in [0.2, 0.25) is 11.8 Å². The fourth-order valence-corrected chi connectivity index (χ4v) is 2.64. The zero-order valence-electron chi connectivity index (χ0n) is 11.7. The minimum absolute atomic E-state index is 0.121. The molecule has 1 N–H and O–H groups in total. The summed E-state index contributed by atoms with van der Waals surface area (Å²) in [5.74, 6) is -0.540. The Balaban J connectivity index is 2.33. The van der Waals surface area contributed by atoms with Gasteiger partial charge in [-0.25, -0.2) is 0 Å². The van der Waals surface area contributed by atoms with Crippen molar-refractivity contribution in [2.24, 2.45) is 0 Å². The van der Waals surface area contributed by atoms with Gasteiger partial charge in [-0.2, -0.15) is 0 Å². The van der Waals surface area contributed by atoms with Crippen molar-refractivity contribution in [3.8, 4) is 0 Å². The maximum absolute atomic E-state index is 12.7. The molecule has 0 saturated carbocycles. The van der Waals surface area contributed by atoms with Crippen LogP contribution in [0.2, 0.25) is 0 Å². The molecule has 5 heteroatoms. The Labute approximate surface area is 118 Å². The maximum atomic E-state index is 12.7. The minimum atomic E-state index is -0.862. The van der Waals surface area contributed by atoms with E-state index in [1.54, 1.807) is 6.92 Å². The van der Waals surface area contributed by atoms with Crippen LogP contribution in [0, 0.1) is 0 Å². The standard InChI is InChI=1S/C15H19NO4/c1-15(11-6-4-3-5-7-11)8-13(18)16(14(15)19)12(9-17)10-20-2/h3-7,12,17H,8-10H2,1-2H3. The van der Waals surface area contributed by atoms with Gasteiger partial charge in [-0.15, -0.1) is 0 Å². The summed E-state index contributed by atoms with van der Waals surface area (Å²) in [6, 6.07) is 8.63. The highest BCUT2D eigenvalue weighted by Gasteiger charge is 2.51. The molecule has 1 aliphatic heterocycles. The number of aliphatic hydroxyl groups excluding tert-OH is 1. The molecule has 5 nitrogen and oxygen atoms in total. The highest BCUT2D eigenvalue weighted by molar-refractivity contribution is 6.09. The summed E-state index contributed by atoms with van der Waals surface area (Å²) in [6.07, 6.45) is 0.121. The van der Waals surface area contributed by atoms with Crippen LogP contribution >= 0.6 is 0 Å². The summed E-state index contributed by atoms with van der Waals surface area (Å²) in [5, 5.41) is 9.37. The molecule has 2 amide bonds. The summed E-state index contributed by atoms with van der Waals surface area (Å²) in [7, 11) is 1.48. The van der Waals surface area contributed by atoms with Crippen LogP contribution in [0.15, 0.2) is 30.3 Å². The van der Waals surface area contributed by atoms with Crippen LogP contribution in [0.5, 0.6) is 0 Å². The molecule has 1 aliphatic rings. The lowest BCUT2D eigenvalue weighted by Crippen LogP contribution is -2.47. The van der Waals surface area contributed by atoms with Crippen LogP contribution < -0.4 is 0 Å². The summed E-state index contributed by atoms with van der Waals surface area (Å²) in [6.45, 7) is 1.61. The number of hydrogen-bond acceptors (Lipinski definition) is 4. The Kier molecular flexibility index (Phi) is 4.20. The molecule has 1 aromatic rings. The molecule has 0 radical (unpaired) electrons. The lowest BCUT2D eigenvalue weighted by Gasteiger charge is -2.27. The first-order chi connectivity index (χ1) is 9.54. The van der Waals surface area contributed by atoms with Gasteiger partial charge in [-0.3, -0.25) is 14.5 Å². The van der Waals surface area contributed by atoms with Crippen molar-refractivity contribution in [2.45, 2.75) is 24.8 Å². The van der Waals surface area contributed by atoms with E-state index in [0.717, 1.165) is 10.5 Å². The number of carbonyl (C=O) groups is 2. The second kappa shape index (κ2) is 5.73. The molecule has 2 atom stereocenters. The molecule has 1 heterocycles. The molecule has 1 saturated heterocycles. The number of likely N-dealkylation sites (tertiary alicyclic amines) is 1. The first-order valence-electron chi connectivity index (χ1n) is 6.56. The van der Waals surface area contributed by atoms with Crippen molar-refractivity contribution in [3.05, 3.63) is 35.9 Å². The van der Waals surface area contributed by atoms with Crippen LogP contribution in [0.1, 0.15) is 18.9 Å². The molecule has 1 fully saturated rings. The molecule has 0 aliphatic carbocycles. The Morgan fingerprint density at radius 2 is 2.00 bits per heavy atom. The number of benzene rings is 1.